The van der Waals surface area contributed by atoms with Crippen LogP contribution in [-0.2, 0) is 4.79 Å². The van der Waals surface area contributed by atoms with Crippen molar-refractivity contribution < 1.29 is 4.79 Å². The minimum atomic E-state index is 0.432. The van der Waals surface area contributed by atoms with Crippen LogP contribution in [0.1, 0.15) is 177 Å². The molecule has 0 saturated carbocycles. The summed E-state index contributed by atoms with van der Waals surface area (Å²) in [5.74, 6) is 1.15. The summed E-state index contributed by atoms with van der Waals surface area (Å²) >= 11 is 0. The fraction of sp³-hybridized carbons (Fsp3) is 0.968. The van der Waals surface area contributed by atoms with Crippen LogP contribution in [0.4, 0.5) is 0 Å². The van der Waals surface area contributed by atoms with Crippen LogP contribution in [0.2, 0.25) is 0 Å². The fourth-order valence-electron chi connectivity index (χ4n) is 4.08. The molecular formula is C31H67NO. The fourth-order valence-corrected chi connectivity index (χ4v) is 4.08. The molecule has 0 saturated heterocycles. The van der Waals surface area contributed by atoms with Crippen molar-refractivity contribution in [3.63, 3.8) is 0 Å². The van der Waals surface area contributed by atoms with E-state index in [0.717, 1.165) is 25.9 Å². The van der Waals surface area contributed by atoms with Crippen LogP contribution in [0.25, 0.3) is 0 Å². The average Bonchev–Trinajstić information content (AvgIpc) is 2.83. The van der Waals surface area contributed by atoms with Crippen molar-refractivity contribution in [3.05, 3.63) is 0 Å². The van der Waals surface area contributed by atoms with E-state index in [1.807, 2.05) is 13.8 Å². The van der Waals surface area contributed by atoms with Crippen molar-refractivity contribution in [2.75, 3.05) is 13.1 Å². The van der Waals surface area contributed by atoms with Crippen LogP contribution in [0, 0.1) is 5.92 Å². The lowest BCUT2D eigenvalue weighted by Gasteiger charge is -2.28. The van der Waals surface area contributed by atoms with Crippen LogP contribution in [0.15, 0.2) is 0 Å². The van der Waals surface area contributed by atoms with E-state index in [2.05, 4.69) is 46.4 Å². The molecule has 0 spiro atoms. The molecule has 0 bridgehead atoms. The van der Waals surface area contributed by atoms with Gasteiger partial charge in [0, 0.05) is 19.5 Å². The molecule has 33 heavy (non-hydrogen) atoms. The molecule has 202 valence electrons. The van der Waals surface area contributed by atoms with Crippen molar-refractivity contribution in [2.45, 2.75) is 177 Å². The Kier molecular flexibility index (Phi) is 37.7. The predicted molar refractivity (Wildman–Crippen MR) is 153 cm³/mol. The quantitative estimate of drug-likeness (QED) is 0.153. The Morgan fingerprint density at radius 1 is 0.576 bits per heavy atom. The molecule has 0 radical (unpaired) electrons. The van der Waals surface area contributed by atoms with Gasteiger partial charge in [-0.05, 0) is 31.6 Å². The summed E-state index contributed by atoms with van der Waals surface area (Å²) in [6.07, 6.45) is 23.8. The number of rotatable bonds is 21. The predicted octanol–water partition coefficient (Wildman–Crippen LogP) is 11.0. The Hall–Kier alpha value is -0.530. The summed E-state index contributed by atoms with van der Waals surface area (Å²) < 4.78 is 0. The van der Waals surface area contributed by atoms with E-state index in [-0.39, 0.29) is 0 Å². The van der Waals surface area contributed by atoms with E-state index in [0.29, 0.717) is 11.8 Å². The molecule has 0 rings (SSSR count). The second-order valence-corrected chi connectivity index (χ2v) is 9.63. The van der Waals surface area contributed by atoms with Gasteiger partial charge in [-0.25, -0.2) is 0 Å². The van der Waals surface area contributed by atoms with Crippen LogP contribution < -0.4 is 0 Å². The zero-order chi connectivity index (χ0) is 25.6. The maximum Gasteiger partial charge on any atom is 0.222 e. The number of carbonyl (C=O) groups is 1. The molecular weight excluding hydrogens is 402 g/mol. The number of amides is 1. The van der Waals surface area contributed by atoms with E-state index in [1.54, 1.807) is 0 Å². The molecule has 0 aliphatic rings. The zero-order valence-electron chi connectivity index (χ0n) is 24.8. The van der Waals surface area contributed by atoms with Gasteiger partial charge in [-0.2, -0.15) is 0 Å². The van der Waals surface area contributed by atoms with Gasteiger partial charge >= 0.3 is 0 Å². The third-order valence-corrected chi connectivity index (χ3v) is 6.04. The van der Waals surface area contributed by atoms with E-state index in [9.17, 15) is 4.79 Å². The SMILES string of the molecule is CC.CCC.CCCCCCCCC(=O)N(CCCCC)CC(CCCC)CCCCCC. The van der Waals surface area contributed by atoms with E-state index in [1.165, 1.54) is 109 Å². The summed E-state index contributed by atoms with van der Waals surface area (Å²) in [6.45, 7) is 19.3. The van der Waals surface area contributed by atoms with Crippen LogP contribution in [0.5, 0.6) is 0 Å². The van der Waals surface area contributed by atoms with Crippen molar-refractivity contribution in [1.29, 1.82) is 0 Å². The monoisotopic (exact) mass is 470 g/mol. The lowest BCUT2D eigenvalue weighted by atomic mass is 9.94. The first-order valence-electron chi connectivity index (χ1n) is 15.4. The Morgan fingerprint density at radius 2 is 1.00 bits per heavy atom. The Balaban J connectivity index is -0.00000165. The summed E-state index contributed by atoms with van der Waals surface area (Å²) in [5, 5.41) is 0. The summed E-state index contributed by atoms with van der Waals surface area (Å²) in [7, 11) is 0. The number of unbranched alkanes of at least 4 members (excludes halogenated alkanes) is 11. The number of hydrogen-bond donors (Lipinski definition) is 0. The number of carbonyl (C=O) groups excluding carboxylic acids is 1. The van der Waals surface area contributed by atoms with E-state index >= 15 is 0 Å². The molecule has 0 aliphatic heterocycles. The van der Waals surface area contributed by atoms with Crippen molar-refractivity contribution in [2.24, 2.45) is 5.92 Å². The van der Waals surface area contributed by atoms with E-state index < -0.39 is 0 Å². The minimum absolute atomic E-state index is 0.432. The normalized spacial score (nSPS) is 11.2. The van der Waals surface area contributed by atoms with Gasteiger partial charge in [0.15, 0.2) is 0 Å². The first-order chi connectivity index (χ1) is 16.1. The van der Waals surface area contributed by atoms with E-state index in [4.69, 9.17) is 0 Å². The summed E-state index contributed by atoms with van der Waals surface area (Å²) in [5.41, 5.74) is 0. The molecule has 2 heteroatoms. The number of nitrogens with zero attached hydrogens (tertiary/aromatic N) is 1. The zero-order valence-corrected chi connectivity index (χ0v) is 24.8. The van der Waals surface area contributed by atoms with Crippen LogP contribution in [-0.4, -0.2) is 23.9 Å². The maximum absolute atomic E-state index is 12.9. The topological polar surface area (TPSA) is 20.3 Å². The molecule has 0 heterocycles. The lowest BCUT2D eigenvalue weighted by molar-refractivity contribution is -0.132. The molecule has 1 atom stereocenters. The lowest BCUT2D eigenvalue weighted by Crippen LogP contribution is -2.36. The second kappa shape index (κ2) is 33.6. The Morgan fingerprint density at radius 3 is 1.55 bits per heavy atom. The molecule has 0 aromatic rings. The highest BCUT2D eigenvalue weighted by Gasteiger charge is 2.18. The molecule has 1 amide bonds. The highest BCUT2D eigenvalue weighted by Crippen LogP contribution is 2.20. The third-order valence-electron chi connectivity index (χ3n) is 6.04. The van der Waals surface area contributed by atoms with Gasteiger partial charge in [-0.1, -0.05) is 145 Å². The molecule has 0 N–H and O–H groups in total. The van der Waals surface area contributed by atoms with Crippen molar-refractivity contribution in [1.82, 2.24) is 4.90 Å². The Labute approximate surface area is 212 Å². The van der Waals surface area contributed by atoms with Crippen molar-refractivity contribution in [3.8, 4) is 0 Å². The highest BCUT2D eigenvalue weighted by atomic mass is 16.2. The standard InChI is InChI=1S/C26H53NO.C3H8.C2H6/c1-5-9-13-15-16-18-22-26(28)27(23-19-11-7-3)24-25(20-12-8-4)21-17-14-10-6-2;1-3-2;1-2/h25H,5-24H2,1-4H3;3H2,1-2H3;1-2H3. The van der Waals surface area contributed by atoms with Gasteiger partial charge in [0.2, 0.25) is 5.91 Å². The molecule has 0 aromatic heterocycles. The molecule has 0 fully saturated rings. The smallest absolute Gasteiger partial charge is 0.222 e. The van der Waals surface area contributed by atoms with Crippen LogP contribution >= 0.6 is 0 Å². The summed E-state index contributed by atoms with van der Waals surface area (Å²) in [6, 6.07) is 0. The highest BCUT2D eigenvalue weighted by molar-refractivity contribution is 5.76. The van der Waals surface area contributed by atoms with Gasteiger partial charge in [-0.3, -0.25) is 4.79 Å². The maximum atomic E-state index is 12.9. The molecule has 1 unspecified atom stereocenters. The summed E-state index contributed by atoms with van der Waals surface area (Å²) in [4.78, 5) is 15.2. The first-order valence-corrected chi connectivity index (χ1v) is 15.4. The van der Waals surface area contributed by atoms with Gasteiger partial charge in [0.25, 0.3) is 0 Å². The van der Waals surface area contributed by atoms with Crippen molar-refractivity contribution >= 4 is 5.91 Å². The molecule has 2 nitrogen and oxygen atoms in total. The third kappa shape index (κ3) is 29.4. The first kappa shape index (κ1) is 37.0. The second-order valence-electron chi connectivity index (χ2n) is 9.63. The average molecular weight is 470 g/mol. The van der Waals surface area contributed by atoms with Gasteiger partial charge in [0.05, 0.1) is 0 Å². The number of hydrogen-bond acceptors (Lipinski definition) is 1. The van der Waals surface area contributed by atoms with Gasteiger partial charge < -0.3 is 4.90 Å². The molecule has 0 aromatic carbocycles. The van der Waals surface area contributed by atoms with Gasteiger partial charge in [-0.15, -0.1) is 0 Å². The largest absolute Gasteiger partial charge is 0.342 e. The Bertz CT molecular complexity index is 342. The van der Waals surface area contributed by atoms with Crippen LogP contribution in [0.3, 0.4) is 0 Å². The molecule has 0 aliphatic carbocycles. The van der Waals surface area contributed by atoms with Gasteiger partial charge in [0.1, 0.15) is 0 Å². The minimum Gasteiger partial charge on any atom is -0.342 e.